The zero-order valence-corrected chi connectivity index (χ0v) is 13.1. The third kappa shape index (κ3) is 5.03. The average molecular weight is 277 g/mol. The van der Waals surface area contributed by atoms with Crippen molar-refractivity contribution < 1.29 is 4.74 Å². The smallest absolute Gasteiger partial charge is 0.119 e. The average Bonchev–Trinajstić information content (AvgIpc) is 2.36. The summed E-state index contributed by atoms with van der Waals surface area (Å²) in [5, 5.41) is 3.69. The van der Waals surface area contributed by atoms with Gasteiger partial charge >= 0.3 is 0 Å². The molecule has 0 aromatic heterocycles. The van der Waals surface area contributed by atoms with Crippen molar-refractivity contribution in [3.05, 3.63) is 48.2 Å². The van der Waals surface area contributed by atoms with Crippen LogP contribution in [0.25, 0.3) is 5.57 Å². The van der Waals surface area contributed by atoms with Crippen molar-refractivity contribution in [2.45, 2.75) is 25.6 Å². The van der Waals surface area contributed by atoms with Gasteiger partial charge in [-0.05, 0) is 43.4 Å². The fraction of sp³-hybridized carbons (Fsp3) is 0.375. The van der Waals surface area contributed by atoms with Crippen LogP contribution in [-0.4, -0.2) is 18.7 Å². The highest BCUT2D eigenvalue weighted by Gasteiger charge is 2.09. The third-order valence-corrected chi connectivity index (χ3v) is 3.66. The molecule has 0 bridgehead atoms. The van der Waals surface area contributed by atoms with Gasteiger partial charge in [0.25, 0.3) is 0 Å². The van der Waals surface area contributed by atoms with Crippen LogP contribution in [0.4, 0.5) is 0 Å². The first-order chi connectivity index (χ1) is 8.96. The Morgan fingerprint density at radius 1 is 1.32 bits per heavy atom. The fourth-order valence-corrected chi connectivity index (χ4v) is 2.50. The lowest BCUT2D eigenvalue weighted by atomic mass is 10.0. The molecule has 1 aromatic carbocycles. The molecule has 1 N–H and O–H groups in total. The second-order valence-electron chi connectivity index (χ2n) is 4.70. The van der Waals surface area contributed by atoms with Crippen LogP contribution in [0.1, 0.15) is 25.0 Å². The number of hydrogen-bond acceptors (Lipinski definition) is 3. The number of hydrogen-bond donors (Lipinski definition) is 1. The first-order valence-electron chi connectivity index (χ1n) is 6.25. The Kier molecular flexibility index (Phi) is 6.03. The maximum Gasteiger partial charge on any atom is 0.119 e. The summed E-state index contributed by atoms with van der Waals surface area (Å²) in [6.07, 6.45) is 3.02. The molecule has 3 heteroatoms. The molecule has 0 aliphatic carbocycles. The van der Waals surface area contributed by atoms with E-state index in [-0.39, 0.29) is 0 Å². The van der Waals surface area contributed by atoms with Crippen LogP contribution >= 0.6 is 11.8 Å². The zero-order chi connectivity index (χ0) is 14.4. The summed E-state index contributed by atoms with van der Waals surface area (Å²) in [4.78, 5) is 0. The van der Waals surface area contributed by atoms with Crippen LogP contribution in [0.3, 0.4) is 0 Å². The highest BCUT2D eigenvalue weighted by atomic mass is 32.2. The molecule has 1 atom stereocenters. The summed E-state index contributed by atoms with van der Waals surface area (Å²) in [5.74, 6) is 0.880. The minimum absolute atomic E-state index is 0.322. The van der Waals surface area contributed by atoms with Crippen LogP contribution in [0.5, 0.6) is 5.75 Å². The van der Waals surface area contributed by atoms with Gasteiger partial charge in [0.1, 0.15) is 5.75 Å². The van der Waals surface area contributed by atoms with Crippen molar-refractivity contribution in [2.24, 2.45) is 0 Å². The number of ether oxygens (including phenoxy) is 1. The minimum Gasteiger partial charge on any atom is -0.497 e. The molecule has 0 saturated heterocycles. The first-order valence-corrected chi connectivity index (χ1v) is 7.53. The molecule has 0 amide bonds. The number of methoxy groups -OCH3 is 1. The standard InChI is InChI=1S/C16H23NOS/c1-11(2)14-7-13(8-15(10-14)18-5)9-16(19-6)17-12(3)4/h7-8,10,16-17H,1,3,9H2,2,4-6H3. The summed E-state index contributed by atoms with van der Waals surface area (Å²) in [7, 11) is 1.69. The van der Waals surface area contributed by atoms with E-state index in [1.54, 1.807) is 18.9 Å². The topological polar surface area (TPSA) is 21.3 Å². The second-order valence-corrected chi connectivity index (χ2v) is 5.74. The number of benzene rings is 1. The molecule has 0 aliphatic rings. The molecule has 2 nitrogen and oxygen atoms in total. The van der Waals surface area contributed by atoms with E-state index in [1.807, 2.05) is 19.9 Å². The maximum atomic E-state index is 5.36. The van der Waals surface area contributed by atoms with E-state index < -0.39 is 0 Å². The van der Waals surface area contributed by atoms with Crippen LogP contribution < -0.4 is 10.1 Å². The molecule has 0 spiro atoms. The Morgan fingerprint density at radius 2 is 2.00 bits per heavy atom. The zero-order valence-electron chi connectivity index (χ0n) is 12.2. The summed E-state index contributed by atoms with van der Waals surface area (Å²) in [6.45, 7) is 11.9. The number of rotatable bonds is 7. The molecule has 1 unspecified atom stereocenters. The predicted molar refractivity (Wildman–Crippen MR) is 86.7 cm³/mol. The quantitative estimate of drug-likeness (QED) is 0.759. The molecule has 0 radical (unpaired) electrons. The predicted octanol–water partition coefficient (Wildman–Crippen LogP) is 4.08. The minimum atomic E-state index is 0.322. The molecular weight excluding hydrogens is 254 g/mol. The summed E-state index contributed by atoms with van der Waals surface area (Å²) in [5.41, 5.74) is 4.41. The molecule has 19 heavy (non-hydrogen) atoms. The number of thioether (sulfide) groups is 1. The molecule has 1 aromatic rings. The van der Waals surface area contributed by atoms with Crippen molar-refractivity contribution >= 4 is 17.3 Å². The highest BCUT2D eigenvalue weighted by molar-refractivity contribution is 7.99. The highest BCUT2D eigenvalue weighted by Crippen LogP contribution is 2.24. The molecule has 0 saturated carbocycles. The monoisotopic (exact) mass is 277 g/mol. The molecule has 0 heterocycles. The van der Waals surface area contributed by atoms with Crippen molar-refractivity contribution in [2.75, 3.05) is 13.4 Å². The lowest BCUT2D eigenvalue weighted by Crippen LogP contribution is -2.25. The van der Waals surface area contributed by atoms with Crippen molar-refractivity contribution in [1.82, 2.24) is 5.32 Å². The molecule has 1 rings (SSSR count). The Balaban J connectivity index is 2.95. The van der Waals surface area contributed by atoms with E-state index in [4.69, 9.17) is 4.74 Å². The molecule has 0 aliphatic heterocycles. The van der Waals surface area contributed by atoms with Crippen molar-refractivity contribution in [3.8, 4) is 5.75 Å². The van der Waals surface area contributed by atoms with E-state index in [2.05, 4.69) is 36.9 Å². The van der Waals surface area contributed by atoms with E-state index in [1.165, 1.54) is 5.56 Å². The Bertz CT molecular complexity index is 468. The van der Waals surface area contributed by atoms with Crippen LogP contribution in [0.2, 0.25) is 0 Å². The largest absolute Gasteiger partial charge is 0.497 e. The van der Waals surface area contributed by atoms with Gasteiger partial charge in [-0.3, -0.25) is 0 Å². The van der Waals surface area contributed by atoms with Gasteiger partial charge in [0, 0.05) is 12.1 Å². The van der Waals surface area contributed by atoms with Crippen molar-refractivity contribution in [3.63, 3.8) is 0 Å². The molecule has 0 fully saturated rings. The van der Waals surface area contributed by atoms with Gasteiger partial charge in [-0.15, -0.1) is 11.8 Å². The first kappa shape index (κ1) is 15.7. The van der Waals surface area contributed by atoms with Gasteiger partial charge in [-0.2, -0.15) is 0 Å². The summed E-state index contributed by atoms with van der Waals surface area (Å²) < 4.78 is 5.36. The van der Waals surface area contributed by atoms with E-state index >= 15 is 0 Å². The lowest BCUT2D eigenvalue weighted by molar-refractivity contribution is 0.414. The van der Waals surface area contributed by atoms with Gasteiger partial charge in [-0.25, -0.2) is 0 Å². The summed E-state index contributed by atoms with van der Waals surface area (Å²) in [6, 6.07) is 6.27. The van der Waals surface area contributed by atoms with Crippen LogP contribution in [0.15, 0.2) is 37.1 Å². The molecule has 104 valence electrons. The van der Waals surface area contributed by atoms with Gasteiger partial charge < -0.3 is 10.1 Å². The fourth-order valence-electron chi connectivity index (χ4n) is 1.83. The van der Waals surface area contributed by atoms with E-state index in [9.17, 15) is 0 Å². The SMILES string of the molecule is C=C(C)NC(Cc1cc(OC)cc(C(=C)C)c1)SC. The van der Waals surface area contributed by atoms with Gasteiger partial charge in [0.15, 0.2) is 0 Å². The van der Waals surface area contributed by atoms with Gasteiger partial charge in [0.2, 0.25) is 0 Å². The normalized spacial score (nSPS) is 11.8. The van der Waals surface area contributed by atoms with E-state index in [0.29, 0.717) is 5.37 Å². The summed E-state index contributed by atoms with van der Waals surface area (Å²) >= 11 is 1.79. The van der Waals surface area contributed by atoms with Crippen LogP contribution in [-0.2, 0) is 6.42 Å². The number of allylic oxidation sites excluding steroid dienone is 2. The van der Waals surface area contributed by atoms with E-state index in [0.717, 1.165) is 29.0 Å². The Hall–Kier alpha value is -1.35. The second kappa shape index (κ2) is 7.29. The van der Waals surface area contributed by atoms with Gasteiger partial charge in [-0.1, -0.05) is 24.8 Å². The number of nitrogens with one attached hydrogen (secondary N) is 1. The van der Waals surface area contributed by atoms with Crippen molar-refractivity contribution in [1.29, 1.82) is 0 Å². The Morgan fingerprint density at radius 3 is 2.47 bits per heavy atom. The van der Waals surface area contributed by atoms with Gasteiger partial charge in [0.05, 0.1) is 12.5 Å². The van der Waals surface area contributed by atoms with Crippen LogP contribution in [0, 0.1) is 0 Å². The maximum absolute atomic E-state index is 5.36. The molecular formula is C16H23NOS. The Labute approximate surface area is 120 Å². The third-order valence-electron chi connectivity index (χ3n) is 2.81. The lowest BCUT2D eigenvalue weighted by Gasteiger charge is -2.18.